The molecule has 0 aromatic heterocycles. The van der Waals surface area contributed by atoms with Gasteiger partial charge in [-0.15, -0.1) is 0 Å². The van der Waals surface area contributed by atoms with Gasteiger partial charge in [0.05, 0.1) is 12.7 Å². The van der Waals surface area contributed by atoms with Crippen molar-refractivity contribution < 1.29 is 14.3 Å². The number of ether oxygens (including phenoxy) is 2. The second-order valence-corrected chi connectivity index (χ2v) is 6.42. The SMILES string of the molecule is CCOC(=O)N1CCN(C(=NC)NCCCOC(C)c2ccccc2)CC1. The maximum Gasteiger partial charge on any atom is 0.409 e. The number of amides is 1. The lowest BCUT2D eigenvalue weighted by Crippen LogP contribution is -2.54. The molecule has 7 nitrogen and oxygen atoms in total. The quantitative estimate of drug-likeness (QED) is 0.450. The Balaban J connectivity index is 1.64. The molecule has 0 spiro atoms. The number of rotatable bonds is 7. The zero-order valence-electron chi connectivity index (χ0n) is 16.7. The summed E-state index contributed by atoms with van der Waals surface area (Å²) in [6.45, 7) is 8.60. The van der Waals surface area contributed by atoms with Crippen LogP contribution in [0.5, 0.6) is 0 Å². The van der Waals surface area contributed by atoms with E-state index in [9.17, 15) is 4.79 Å². The van der Waals surface area contributed by atoms with Crippen LogP contribution in [-0.4, -0.2) is 74.8 Å². The molecule has 1 amide bonds. The van der Waals surface area contributed by atoms with Crippen LogP contribution < -0.4 is 5.32 Å². The summed E-state index contributed by atoms with van der Waals surface area (Å²) in [5, 5.41) is 3.38. The Bertz CT molecular complexity index is 586. The van der Waals surface area contributed by atoms with Crippen LogP contribution in [0.2, 0.25) is 0 Å². The normalized spacial score (nSPS) is 16.2. The number of hydrogen-bond donors (Lipinski definition) is 1. The molecular formula is C20H32N4O3. The molecule has 0 bridgehead atoms. The Morgan fingerprint density at radius 1 is 1.19 bits per heavy atom. The first kappa shape index (κ1) is 21.0. The molecule has 1 N–H and O–H groups in total. The minimum absolute atomic E-state index is 0.0986. The summed E-state index contributed by atoms with van der Waals surface area (Å²) in [4.78, 5) is 20.0. The van der Waals surface area contributed by atoms with E-state index in [0.717, 1.165) is 32.0 Å². The van der Waals surface area contributed by atoms with Gasteiger partial charge in [0, 0.05) is 46.4 Å². The fourth-order valence-electron chi connectivity index (χ4n) is 3.00. The average molecular weight is 377 g/mol. The molecule has 1 unspecified atom stereocenters. The van der Waals surface area contributed by atoms with Crippen LogP contribution in [0.3, 0.4) is 0 Å². The maximum absolute atomic E-state index is 11.8. The molecule has 1 heterocycles. The fraction of sp³-hybridized carbons (Fsp3) is 0.600. The largest absolute Gasteiger partial charge is 0.450 e. The van der Waals surface area contributed by atoms with Gasteiger partial charge < -0.3 is 24.6 Å². The molecule has 7 heteroatoms. The summed E-state index contributed by atoms with van der Waals surface area (Å²) in [5.41, 5.74) is 1.20. The maximum atomic E-state index is 11.8. The third kappa shape index (κ3) is 6.75. The Hall–Kier alpha value is -2.28. The Morgan fingerprint density at radius 2 is 1.85 bits per heavy atom. The molecule has 27 heavy (non-hydrogen) atoms. The molecule has 1 aromatic rings. The van der Waals surface area contributed by atoms with Crippen molar-refractivity contribution in [1.29, 1.82) is 0 Å². The van der Waals surface area contributed by atoms with Gasteiger partial charge in [-0.1, -0.05) is 30.3 Å². The third-order valence-corrected chi connectivity index (χ3v) is 4.56. The summed E-state index contributed by atoms with van der Waals surface area (Å²) in [5.74, 6) is 0.870. The van der Waals surface area contributed by atoms with E-state index >= 15 is 0 Å². The minimum atomic E-state index is -0.232. The van der Waals surface area contributed by atoms with Crippen LogP contribution in [-0.2, 0) is 9.47 Å². The van der Waals surface area contributed by atoms with Crippen molar-refractivity contribution in [2.45, 2.75) is 26.4 Å². The van der Waals surface area contributed by atoms with Gasteiger partial charge in [0.25, 0.3) is 0 Å². The zero-order valence-corrected chi connectivity index (χ0v) is 16.7. The van der Waals surface area contributed by atoms with E-state index in [2.05, 4.69) is 34.3 Å². The highest BCUT2D eigenvalue weighted by Crippen LogP contribution is 2.15. The molecule has 1 aromatic carbocycles. The number of hydrogen-bond acceptors (Lipinski definition) is 4. The van der Waals surface area contributed by atoms with Gasteiger partial charge in [0.2, 0.25) is 0 Å². The summed E-state index contributed by atoms with van der Waals surface area (Å²) >= 11 is 0. The van der Waals surface area contributed by atoms with E-state index in [0.29, 0.717) is 26.3 Å². The van der Waals surface area contributed by atoms with Crippen molar-refractivity contribution in [1.82, 2.24) is 15.1 Å². The smallest absolute Gasteiger partial charge is 0.409 e. The molecule has 1 aliphatic heterocycles. The Kier molecular flexibility index (Phi) is 8.91. The van der Waals surface area contributed by atoms with Crippen LogP contribution in [0.4, 0.5) is 4.79 Å². The van der Waals surface area contributed by atoms with Gasteiger partial charge in [0.1, 0.15) is 0 Å². The molecule has 2 rings (SSSR count). The van der Waals surface area contributed by atoms with Crippen LogP contribution in [0.15, 0.2) is 35.3 Å². The average Bonchev–Trinajstić information content (AvgIpc) is 2.71. The number of guanidine groups is 1. The van der Waals surface area contributed by atoms with Crippen LogP contribution >= 0.6 is 0 Å². The number of piperazine rings is 1. The van der Waals surface area contributed by atoms with Crippen LogP contribution in [0.25, 0.3) is 0 Å². The van der Waals surface area contributed by atoms with E-state index in [1.54, 1.807) is 11.9 Å². The van der Waals surface area contributed by atoms with Gasteiger partial charge in [-0.05, 0) is 25.8 Å². The molecule has 0 saturated carbocycles. The molecule has 150 valence electrons. The van der Waals surface area contributed by atoms with E-state index in [-0.39, 0.29) is 12.2 Å². The van der Waals surface area contributed by atoms with Crippen molar-refractivity contribution in [3.63, 3.8) is 0 Å². The molecule has 1 atom stereocenters. The highest BCUT2D eigenvalue weighted by Gasteiger charge is 2.23. The van der Waals surface area contributed by atoms with Crippen molar-refractivity contribution in [2.75, 3.05) is 53.0 Å². The lowest BCUT2D eigenvalue weighted by atomic mass is 10.1. The predicted octanol–water partition coefficient (Wildman–Crippen LogP) is 2.50. The first-order valence-electron chi connectivity index (χ1n) is 9.69. The Labute approximate surface area is 162 Å². The summed E-state index contributed by atoms with van der Waals surface area (Å²) in [6.07, 6.45) is 0.769. The highest BCUT2D eigenvalue weighted by atomic mass is 16.6. The summed E-state index contributed by atoms with van der Waals surface area (Å²) < 4.78 is 11.0. The zero-order chi connectivity index (χ0) is 19.5. The standard InChI is InChI=1S/C20H32N4O3/c1-4-26-20(25)24-14-12-23(13-15-24)19(21-3)22-11-8-16-27-17(2)18-9-6-5-7-10-18/h5-7,9-10,17H,4,8,11-16H2,1-3H3,(H,21,22). The fourth-order valence-corrected chi connectivity index (χ4v) is 3.00. The highest BCUT2D eigenvalue weighted by molar-refractivity contribution is 5.80. The number of carbonyl (C=O) groups excluding carboxylic acids is 1. The Morgan fingerprint density at radius 3 is 2.48 bits per heavy atom. The number of aliphatic imine (C=N–C) groups is 1. The van der Waals surface area contributed by atoms with Crippen molar-refractivity contribution in [3.8, 4) is 0 Å². The number of benzene rings is 1. The molecule has 1 fully saturated rings. The third-order valence-electron chi connectivity index (χ3n) is 4.56. The number of nitrogens with one attached hydrogen (secondary N) is 1. The van der Waals surface area contributed by atoms with Crippen molar-refractivity contribution >= 4 is 12.1 Å². The van der Waals surface area contributed by atoms with Crippen LogP contribution in [0.1, 0.15) is 31.9 Å². The molecule has 0 radical (unpaired) electrons. The first-order chi connectivity index (χ1) is 13.2. The second-order valence-electron chi connectivity index (χ2n) is 6.42. The van der Waals surface area contributed by atoms with Gasteiger partial charge in [0.15, 0.2) is 5.96 Å². The summed E-state index contributed by atoms with van der Waals surface area (Å²) in [7, 11) is 1.79. The van der Waals surface area contributed by atoms with Gasteiger partial charge in [-0.25, -0.2) is 4.79 Å². The number of carbonyl (C=O) groups is 1. The lowest BCUT2D eigenvalue weighted by molar-refractivity contribution is 0.0644. The number of nitrogens with zero attached hydrogens (tertiary/aromatic N) is 3. The minimum Gasteiger partial charge on any atom is -0.450 e. The predicted molar refractivity (Wildman–Crippen MR) is 107 cm³/mol. The van der Waals surface area contributed by atoms with Crippen molar-refractivity contribution in [3.05, 3.63) is 35.9 Å². The van der Waals surface area contributed by atoms with E-state index < -0.39 is 0 Å². The molecular weight excluding hydrogens is 344 g/mol. The van der Waals surface area contributed by atoms with Gasteiger partial charge in [-0.2, -0.15) is 0 Å². The molecule has 0 aliphatic carbocycles. The van der Waals surface area contributed by atoms with Crippen molar-refractivity contribution in [2.24, 2.45) is 4.99 Å². The van der Waals surface area contributed by atoms with Gasteiger partial charge in [-0.3, -0.25) is 4.99 Å². The second kappa shape index (κ2) is 11.4. The monoisotopic (exact) mass is 376 g/mol. The molecule has 1 saturated heterocycles. The van der Waals surface area contributed by atoms with E-state index in [1.165, 1.54) is 5.56 Å². The van der Waals surface area contributed by atoms with E-state index in [1.807, 2.05) is 25.1 Å². The van der Waals surface area contributed by atoms with Crippen LogP contribution in [0, 0.1) is 0 Å². The summed E-state index contributed by atoms with van der Waals surface area (Å²) in [6, 6.07) is 10.2. The molecule has 1 aliphatic rings. The van der Waals surface area contributed by atoms with E-state index in [4.69, 9.17) is 9.47 Å². The topological polar surface area (TPSA) is 66.4 Å². The first-order valence-corrected chi connectivity index (χ1v) is 9.69. The van der Waals surface area contributed by atoms with Gasteiger partial charge >= 0.3 is 6.09 Å². The lowest BCUT2D eigenvalue weighted by Gasteiger charge is -2.35.